The summed E-state index contributed by atoms with van der Waals surface area (Å²) >= 11 is 0. The van der Waals surface area contributed by atoms with Gasteiger partial charge in [-0.05, 0) is 101 Å². The molecule has 0 atom stereocenters. The Hall–Kier alpha value is -7.89. The van der Waals surface area contributed by atoms with Gasteiger partial charge in [0.05, 0.1) is 0 Å². The quantitative estimate of drug-likeness (QED) is 0.159. The first-order valence-electron chi connectivity index (χ1n) is 19.4. The van der Waals surface area contributed by atoms with Gasteiger partial charge in [0.15, 0.2) is 17.5 Å². The molecule has 58 heavy (non-hydrogen) atoms. The zero-order valence-electron chi connectivity index (χ0n) is 31.3. The molecule has 0 radical (unpaired) electrons. The molecule has 0 aliphatic heterocycles. The molecule has 0 bridgehead atoms. The molecule has 9 aromatic carbocycles. The van der Waals surface area contributed by atoms with E-state index < -0.39 is 0 Å². The van der Waals surface area contributed by atoms with Crippen LogP contribution >= 0.6 is 0 Å². The summed E-state index contributed by atoms with van der Waals surface area (Å²) < 4.78 is 0. The normalized spacial score (nSPS) is 11.4. The maximum absolute atomic E-state index is 5.27. The van der Waals surface area contributed by atoms with Crippen molar-refractivity contribution in [2.45, 2.75) is 0 Å². The molecule has 0 amide bonds. The van der Waals surface area contributed by atoms with Crippen LogP contribution in [-0.2, 0) is 0 Å². The standard InChI is InChI=1S/C53H33N5/c1-2-12-35(13-3-1)51-56-52(36-24-22-34(23-25-36)44-31-54-33-55-32-44)58-53(57-51)43-29-41(49-45-18-8-4-14-37(45)26-38-15-5-9-19-46(38)49)28-42(30-43)50-47-20-10-6-16-39(47)27-40-17-7-11-21-48(40)50/h1-33H. The van der Waals surface area contributed by atoms with Crippen LogP contribution in [0.2, 0.25) is 0 Å². The SMILES string of the molecule is c1ccc(-c2nc(-c3ccc(-c4cncnc4)cc3)nc(-c3cc(-c4c5ccccc5cc5ccccc45)cc(-c4c5ccccc5cc5ccccc45)c3)n2)cc1. The molecule has 0 fully saturated rings. The van der Waals surface area contributed by atoms with Crippen molar-refractivity contribution in [3.63, 3.8) is 0 Å². The van der Waals surface area contributed by atoms with E-state index in [9.17, 15) is 0 Å². The predicted octanol–water partition coefficient (Wildman–Crippen LogP) is 13.3. The van der Waals surface area contributed by atoms with Gasteiger partial charge in [-0.25, -0.2) is 24.9 Å². The van der Waals surface area contributed by atoms with Gasteiger partial charge in [-0.1, -0.05) is 152 Å². The van der Waals surface area contributed by atoms with Crippen LogP contribution < -0.4 is 0 Å². The molecule has 0 unspecified atom stereocenters. The van der Waals surface area contributed by atoms with Crippen LogP contribution in [-0.4, -0.2) is 24.9 Å². The van der Waals surface area contributed by atoms with E-state index in [1.54, 1.807) is 6.33 Å². The van der Waals surface area contributed by atoms with Gasteiger partial charge < -0.3 is 0 Å². The molecule has 0 aliphatic rings. The lowest BCUT2D eigenvalue weighted by Crippen LogP contribution is -2.01. The number of aromatic nitrogens is 5. The van der Waals surface area contributed by atoms with E-state index >= 15 is 0 Å². The second-order valence-corrected chi connectivity index (χ2v) is 14.6. The van der Waals surface area contributed by atoms with Crippen molar-refractivity contribution < 1.29 is 0 Å². The molecule has 0 spiro atoms. The third-order valence-corrected chi connectivity index (χ3v) is 11.0. The highest BCUT2D eigenvalue weighted by atomic mass is 15.0. The van der Waals surface area contributed by atoms with Crippen molar-refractivity contribution in [2.75, 3.05) is 0 Å². The maximum atomic E-state index is 5.27. The Kier molecular flexibility index (Phi) is 8.07. The van der Waals surface area contributed by atoms with E-state index in [2.05, 4.69) is 162 Å². The summed E-state index contributed by atoms with van der Waals surface area (Å²) in [4.78, 5) is 24.0. The number of nitrogens with zero attached hydrogens (tertiary/aromatic N) is 5. The smallest absolute Gasteiger partial charge is 0.164 e. The van der Waals surface area contributed by atoms with E-state index in [-0.39, 0.29) is 0 Å². The molecule has 2 heterocycles. The van der Waals surface area contributed by atoms with Crippen molar-refractivity contribution in [2.24, 2.45) is 0 Å². The fraction of sp³-hybridized carbons (Fsp3) is 0. The first kappa shape index (κ1) is 33.4. The Bertz CT molecular complexity index is 3080. The lowest BCUT2D eigenvalue weighted by Gasteiger charge is -2.18. The molecule has 0 N–H and O–H groups in total. The third-order valence-electron chi connectivity index (χ3n) is 11.0. The monoisotopic (exact) mass is 739 g/mol. The average molecular weight is 740 g/mol. The van der Waals surface area contributed by atoms with E-state index in [0.29, 0.717) is 17.5 Å². The lowest BCUT2D eigenvalue weighted by molar-refractivity contribution is 1.07. The van der Waals surface area contributed by atoms with Gasteiger partial charge >= 0.3 is 0 Å². The summed E-state index contributed by atoms with van der Waals surface area (Å²) in [6.45, 7) is 0. The topological polar surface area (TPSA) is 64.5 Å². The van der Waals surface area contributed by atoms with Gasteiger partial charge in [0, 0.05) is 34.6 Å². The molecule has 5 heteroatoms. The minimum Gasteiger partial charge on any atom is -0.244 e. The van der Waals surface area contributed by atoms with Gasteiger partial charge in [0.1, 0.15) is 6.33 Å². The lowest BCUT2D eigenvalue weighted by atomic mass is 9.87. The third kappa shape index (κ3) is 5.94. The Labute approximate surface area is 335 Å². The van der Waals surface area contributed by atoms with Crippen LogP contribution in [0, 0.1) is 0 Å². The zero-order chi connectivity index (χ0) is 38.4. The molecule has 0 saturated heterocycles. The van der Waals surface area contributed by atoms with Crippen LogP contribution in [0.1, 0.15) is 0 Å². The maximum Gasteiger partial charge on any atom is 0.164 e. The number of fused-ring (bicyclic) bond motifs is 4. The Morgan fingerprint density at radius 3 is 1.09 bits per heavy atom. The molecular formula is C53H33N5. The largest absolute Gasteiger partial charge is 0.244 e. The van der Waals surface area contributed by atoms with Crippen molar-refractivity contribution in [3.8, 4) is 67.5 Å². The molecule has 2 aromatic heterocycles. The highest BCUT2D eigenvalue weighted by molar-refractivity contribution is 6.16. The first-order chi connectivity index (χ1) is 28.7. The van der Waals surface area contributed by atoms with E-state index in [0.717, 1.165) is 38.9 Å². The van der Waals surface area contributed by atoms with Gasteiger partial charge in [0.2, 0.25) is 0 Å². The molecular weight excluding hydrogens is 707 g/mol. The van der Waals surface area contributed by atoms with Crippen molar-refractivity contribution in [1.82, 2.24) is 24.9 Å². The fourth-order valence-corrected chi connectivity index (χ4v) is 8.31. The van der Waals surface area contributed by atoms with Crippen LogP contribution in [0.4, 0.5) is 0 Å². The minimum absolute atomic E-state index is 0.595. The Morgan fingerprint density at radius 2 is 0.621 bits per heavy atom. The van der Waals surface area contributed by atoms with Gasteiger partial charge in [-0.2, -0.15) is 0 Å². The second kappa shape index (κ2) is 14.0. The van der Waals surface area contributed by atoms with Crippen molar-refractivity contribution in [3.05, 3.63) is 201 Å². The molecule has 270 valence electrons. The summed E-state index contributed by atoms with van der Waals surface area (Å²) in [6.07, 6.45) is 5.18. The summed E-state index contributed by atoms with van der Waals surface area (Å²) in [5.41, 5.74) is 9.22. The number of rotatable bonds is 6. The first-order valence-corrected chi connectivity index (χ1v) is 19.4. The van der Waals surface area contributed by atoms with E-state index in [4.69, 9.17) is 15.0 Å². The second-order valence-electron chi connectivity index (χ2n) is 14.6. The zero-order valence-corrected chi connectivity index (χ0v) is 31.3. The van der Waals surface area contributed by atoms with Crippen molar-refractivity contribution >= 4 is 43.1 Å². The summed E-state index contributed by atoms with van der Waals surface area (Å²) in [5.74, 6) is 1.80. The number of benzene rings is 9. The summed E-state index contributed by atoms with van der Waals surface area (Å²) in [5, 5.41) is 9.54. The highest BCUT2D eigenvalue weighted by Gasteiger charge is 2.19. The summed E-state index contributed by atoms with van der Waals surface area (Å²) in [6, 6.07) is 64.6. The van der Waals surface area contributed by atoms with Gasteiger partial charge in [0.25, 0.3) is 0 Å². The predicted molar refractivity (Wildman–Crippen MR) is 238 cm³/mol. The van der Waals surface area contributed by atoms with E-state index in [1.807, 2.05) is 42.7 Å². The molecule has 11 aromatic rings. The average Bonchev–Trinajstić information content (AvgIpc) is 3.30. The fourth-order valence-electron chi connectivity index (χ4n) is 8.31. The van der Waals surface area contributed by atoms with Crippen LogP contribution in [0.15, 0.2) is 201 Å². The molecule has 11 rings (SSSR count). The Balaban J connectivity index is 1.21. The molecule has 5 nitrogen and oxygen atoms in total. The van der Waals surface area contributed by atoms with E-state index in [1.165, 1.54) is 54.2 Å². The highest BCUT2D eigenvalue weighted by Crippen LogP contribution is 2.43. The van der Waals surface area contributed by atoms with Gasteiger partial charge in [-0.3, -0.25) is 0 Å². The van der Waals surface area contributed by atoms with Crippen LogP contribution in [0.5, 0.6) is 0 Å². The van der Waals surface area contributed by atoms with Gasteiger partial charge in [-0.15, -0.1) is 0 Å². The summed E-state index contributed by atoms with van der Waals surface area (Å²) in [7, 11) is 0. The molecule has 0 saturated carbocycles. The Morgan fingerprint density at radius 1 is 0.259 bits per heavy atom. The van der Waals surface area contributed by atoms with Crippen molar-refractivity contribution in [1.29, 1.82) is 0 Å². The minimum atomic E-state index is 0.595. The van der Waals surface area contributed by atoms with Crippen LogP contribution in [0.25, 0.3) is 111 Å². The van der Waals surface area contributed by atoms with Crippen LogP contribution in [0.3, 0.4) is 0 Å². The number of hydrogen-bond acceptors (Lipinski definition) is 5. The molecule has 0 aliphatic carbocycles. The number of hydrogen-bond donors (Lipinski definition) is 0.